The van der Waals surface area contributed by atoms with Crippen LogP contribution < -0.4 is 16.0 Å². The number of nitrogens with two attached hydrogens (primary N) is 1. The fourth-order valence-electron chi connectivity index (χ4n) is 2.94. The average Bonchev–Trinajstić information content (AvgIpc) is 3.01. The summed E-state index contributed by atoms with van der Waals surface area (Å²) in [5.41, 5.74) is 7.18. The van der Waals surface area contributed by atoms with E-state index >= 15 is 0 Å². The van der Waals surface area contributed by atoms with Crippen LogP contribution in [0.2, 0.25) is 0 Å². The maximum atomic E-state index is 5.97. The lowest BCUT2D eigenvalue weighted by molar-refractivity contribution is 0.273. The Morgan fingerprint density at radius 3 is 2.91 bits per heavy atom. The minimum Gasteiger partial charge on any atom is -0.373 e. The third-order valence-corrected chi connectivity index (χ3v) is 4.33. The van der Waals surface area contributed by atoms with Gasteiger partial charge in [0.2, 0.25) is 0 Å². The van der Waals surface area contributed by atoms with Crippen LogP contribution in [0.4, 0.5) is 5.69 Å². The third kappa shape index (κ3) is 4.91. The monoisotopic (exact) mass is 303 g/mol. The molecule has 122 valence electrons. The maximum absolute atomic E-state index is 5.97. The summed E-state index contributed by atoms with van der Waals surface area (Å²) in [5.74, 6) is 0.560. The van der Waals surface area contributed by atoms with E-state index in [-0.39, 0.29) is 0 Å². The normalized spacial score (nSPS) is 19.4. The van der Waals surface area contributed by atoms with Crippen molar-refractivity contribution in [3.63, 3.8) is 0 Å². The van der Waals surface area contributed by atoms with Crippen molar-refractivity contribution in [1.29, 1.82) is 0 Å². The van der Waals surface area contributed by atoms with Gasteiger partial charge in [0.25, 0.3) is 0 Å². The number of aliphatic imine (C=N–C) groups is 1. The van der Waals surface area contributed by atoms with E-state index in [1.807, 2.05) is 6.07 Å². The third-order valence-electron chi connectivity index (χ3n) is 4.33. The highest BCUT2D eigenvalue weighted by molar-refractivity contribution is 5.77. The lowest BCUT2D eigenvalue weighted by Crippen LogP contribution is -2.39. The van der Waals surface area contributed by atoms with Crippen LogP contribution in [0.5, 0.6) is 0 Å². The molecule has 1 aliphatic heterocycles. The number of likely N-dealkylation sites (N-methyl/N-ethyl adjacent to an activating group) is 2. The summed E-state index contributed by atoms with van der Waals surface area (Å²) < 4.78 is 0. The molecule has 1 saturated heterocycles. The molecule has 3 N–H and O–H groups in total. The Hall–Kier alpha value is -1.75. The Morgan fingerprint density at radius 2 is 2.18 bits per heavy atom. The number of likely N-dealkylation sites (tertiary alicyclic amines) is 1. The molecule has 5 heteroatoms. The molecule has 0 aliphatic carbocycles. The van der Waals surface area contributed by atoms with Gasteiger partial charge in [-0.25, -0.2) is 0 Å². The molecule has 5 nitrogen and oxygen atoms in total. The molecule has 0 amide bonds. The maximum Gasteiger partial charge on any atom is 0.188 e. The molecule has 1 unspecified atom stereocenters. The molecule has 0 aromatic heterocycles. The van der Waals surface area contributed by atoms with Crippen LogP contribution in [0.15, 0.2) is 35.3 Å². The van der Waals surface area contributed by atoms with E-state index in [9.17, 15) is 0 Å². The second kappa shape index (κ2) is 8.63. The quantitative estimate of drug-likeness (QED) is 0.592. The second-order valence-electron chi connectivity index (χ2n) is 5.83. The number of benzene rings is 1. The van der Waals surface area contributed by atoms with Gasteiger partial charge in [0.15, 0.2) is 5.96 Å². The largest absolute Gasteiger partial charge is 0.373 e. The van der Waals surface area contributed by atoms with Crippen LogP contribution in [-0.2, 0) is 0 Å². The van der Waals surface area contributed by atoms with Gasteiger partial charge in [-0.15, -0.1) is 0 Å². The number of nitrogens with zero attached hydrogens (tertiary/aromatic N) is 3. The van der Waals surface area contributed by atoms with Crippen LogP contribution in [0, 0.1) is 0 Å². The van der Waals surface area contributed by atoms with Gasteiger partial charge in [0.05, 0.1) is 6.54 Å². The zero-order chi connectivity index (χ0) is 15.8. The van der Waals surface area contributed by atoms with E-state index in [1.165, 1.54) is 25.1 Å². The van der Waals surface area contributed by atoms with E-state index in [4.69, 9.17) is 5.73 Å². The van der Waals surface area contributed by atoms with Gasteiger partial charge in [-0.3, -0.25) is 9.89 Å². The standard InChI is InChI=1S/C17H29N5/c1-3-22-12-7-10-16(22)14-20-17(18)19-11-13-21(2)15-8-5-4-6-9-15/h4-6,8-9,16H,3,7,10-14H2,1-2H3,(H3,18,19,20). The Morgan fingerprint density at radius 1 is 1.41 bits per heavy atom. The number of hydrogen-bond donors (Lipinski definition) is 2. The van der Waals surface area contributed by atoms with Crippen molar-refractivity contribution in [2.24, 2.45) is 10.7 Å². The van der Waals surface area contributed by atoms with E-state index in [0.717, 1.165) is 26.2 Å². The average molecular weight is 303 g/mol. The highest BCUT2D eigenvalue weighted by Crippen LogP contribution is 2.16. The fraction of sp³-hybridized carbons (Fsp3) is 0.588. The van der Waals surface area contributed by atoms with Crippen molar-refractivity contribution >= 4 is 11.6 Å². The molecule has 0 saturated carbocycles. The molecule has 1 aliphatic rings. The van der Waals surface area contributed by atoms with Gasteiger partial charge in [-0.1, -0.05) is 25.1 Å². The summed E-state index contributed by atoms with van der Waals surface area (Å²) in [6.07, 6.45) is 2.52. The van der Waals surface area contributed by atoms with Crippen molar-refractivity contribution in [3.05, 3.63) is 30.3 Å². The predicted molar refractivity (Wildman–Crippen MR) is 94.5 cm³/mol. The summed E-state index contributed by atoms with van der Waals surface area (Å²) >= 11 is 0. The molecule has 1 heterocycles. The second-order valence-corrected chi connectivity index (χ2v) is 5.83. The van der Waals surface area contributed by atoms with Crippen LogP contribution in [0.25, 0.3) is 0 Å². The molecule has 1 atom stereocenters. The number of guanidine groups is 1. The smallest absolute Gasteiger partial charge is 0.188 e. The lowest BCUT2D eigenvalue weighted by Gasteiger charge is -2.21. The number of rotatable bonds is 7. The van der Waals surface area contributed by atoms with E-state index in [1.54, 1.807) is 0 Å². The number of para-hydroxylation sites is 1. The molecular formula is C17H29N5. The molecule has 0 spiro atoms. The summed E-state index contributed by atoms with van der Waals surface area (Å²) in [4.78, 5) is 9.19. The summed E-state index contributed by atoms with van der Waals surface area (Å²) in [5, 5.41) is 3.21. The first kappa shape index (κ1) is 16.6. The van der Waals surface area contributed by atoms with Gasteiger partial charge in [0.1, 0.15) is 0 Å². The molecule has 1 fully saturated rings. The van der Waals surface area contributed by atoms with E-state index in [0.29, 0.717) is 12.0 Å². The molecule has 2 rings (SSSR count). The minimum absolute atomic E-state index is 0.560. The van der Waals surface area contributed by atoms with Gasteiger partial charge in [-0.05, 0) is 38.1 Å². The lowest BCUT2D eigenvalue weighted by atomic mass is 10.2. The van der Waals surface area contributed by atoms with Crippen LogP contribution in [0.1, 0.15) is 19.8 Å². The Labute approximate surface area is 134 Å². The zero-order valence-corrected chi connectivity index (χ0v) is 13.8. The van der Waals surface area contributed by atoms with Crippen molar-refractivity contribution in [1.82, 2.24) is 10.2 Å². The van der Waals surface area contributed by atoms with Gasteiger partial charge in [-0.2, -0.15) is 0 Å². The number of hydrogen-bond acceptors (Lipinski definition) is 3. The molecule has 0 radical (unpaired) electrons. The van der Waals surface area contributed by atoms with Crippen LogP contribution in [0.3, 0.4) is 0 Å². The highest BCUT2D eigenvalue weighted by atomic mass is 15.2. The first-order valence-electron chi connectivity index (χ1n) is 8.24. The Kier molecular flexibility index (Phi) is 6.52. The molecule has 22 heavy (non-hydrogen) atoms. The van der Waals surface area contributed by atoms with Crippen LogP contribution >= 0.6 is 0 Å². The summed E-state index contributed by atoms with van der Waals surface area (Å²) in [7, 11) is 2.09. The zero-order valence-electron chi connectivity index (χ0n) is 13.8. The van der Waals surface area contributed by atoms with Gasteiger partial charge >= 0.3 is 0 Å². The summed E-state index contributed by atoms with van der Waals surface area (Å²) in [6, 6.07) is 10.9. The highest BCUT2D eigenvalue weighted by Gasteiger charge is 2.22. The van der Waals surface area contributed by atoms with Crippen molar-refractivity contribution in [2.45, 2.75) is 25.8 Å². The van der Waals surface area contributed by atoms with Crippen molar-refractivity contribution in [3.8, 4) is 0 Å². The van der Waals surface area contributed by atoms with Crippen molar-refractivity contribution < 1.29 is 0 Å². The van der Waals surface area contributed by atoms with Crippen LogP contribution in [-0.4, -0.2) is 56.7 Å². The first-order valence-corrected chi connectivity index (χ1v) is 8.24. The molecular weight excluding hydrogens is 274 g/mol. The van der Waals surface area contributed by atoms with Gasteiger partial charge < -0.3 is 16.0 Å². The number of anilines is 1. The molecule has 1 aromatic carbocycles. The molecule has 1 aromatic rings. The SMILES string of the molecule is CCN1CCCC1CN=C(N)NCCN(C)c1ccccc1. The Balaban J connectivity index is 1.69. The molecule has 0 bridgehead atoms. The first-order chi connectivity index (χ1) is 10.7. The topological polar surface area (TPSA) is 56.9 Å². The van der Waals surface area contributed by atoms with Crippen molar-refractivity contribution in [2.75, 3.05) is 44.7 Å². The van der Waals surface area contributed by atoms with E-state index in [2.05, 4.69) is 58.3 Å². The minimum atomic E-state index is 0.560. The summed E-state index contributed by atoms with van der Waals surface area (Å²) in [6.45, 7) is 7.01. The predicted octanol–water partition coefficient (Wildman–Crippen LogP) is 1.51. The van der Waals surface area contributed by atoms with E-state index < -0.39 is 0 Å². The van der Waals surface area contributed by atoms with Gasteiger partial charge in [0, 0.05) is 31.9 Å². The Bertz CT molecular complexity index is 459. The number of nitrogens with one attached hydrogen (secondary N) is 1. The fourth-order valence-corrected chi connectivity index (χ4v) is 2.94.